The number of carbonyl (C=O) groups is 4. The first kappa shape index (κ1) is 33.8. The van der Waals surface area contributed by atoms with Crippen LogP contribution >= 0.6 is 0 Å². The van der Waals surface area contributed by atoms with Gasteiger partial charge in [-0.3, -0.25) is 9.59 Å². The van der Waals surface area contributed by atoms with Crippen LogP contribution in [0.1, 0.15) is 96.3 Å². The van der Waals surface area contributed by atoms with Crippen LogP contribution in [0.25, 0.3) is 0 Å². The summed E-state index contributed by atoms with van der Waals surface area (Å²) in [5, 5.41) is 0. The highest BCUT2D eigenvalue weighted by Crippen LogP contribution is 2.27. The van der Waals surface area contributed by atoms with Crippen LogP contribution in [-0.2, 0) is 4.79 Å². The van der Waals surface area contributed by atoms with Crippen molar-refractivity contribution >= 4 is 23.5 Å². The molecule has 0 aliphatic rings. The fraction of sp³-hybridized carbons (Fsp3) is 0.333. The third-order valence-corrected chi connectivity index (χ3v) is 6.75. The second-order valence-electron chi connectivity index (χ2n) is 10.3. The number of allylic oxidation sites excluding steroid dienone is 1. The van der Waals surface area contributed by atoms with E-state index in [1.807, 2.05) is 0 Å². The van der Waals surface area contributed by atoms with Gasteiger partial charge in [-0.15, -0.1) is 0 Å². The Morgan fingerprint density at radius 1 is 0.659 bits per heavy atom. The molecule has 232 valence electrons. The van der Waals surface area contributed by atoms with E-state index in [-0.39, 0.29) is 34.2 Å². The summed E-state index contributed by atoms with van der Waals surface area (Å²) in [7, 11) is 0. The molecular formula is C36H40O8. The van der Waals surface area contributed by atoms with Gasteiger partial charge in [0.1, 0.15) is 23.0 Å². The molecule has 0 spiro atoms. The van der Waals surface area contributed by atoms with E-state index in [4.69, 9.17) is 18.9 Å². The lowest BCUT2D eigenvalue weighted by molar-refractivity contribution is -0.114. The Hall–Kier alpha value is -4.72. The van der Waals surface area contributed by atoms with Gasteiger partial charge in [-0.05, 0) is 105 Å². The summed E-state index contributed by atoms with van der Waals surface area (Å²) in [4.78, 5) is 49.1. The molecule has 0 fully saturated rings. The molecule has 8 nitrogen and oxygen atoms in total. The zero-order chi connectivity index (χ0) is 31.7. The number of hydrogen-bond acceptors (Lipinski definition) is 8. The van der Waals surface area contributed by atoms with Gasteiger partial charge in [-0.1, -0.05) is 32.8 Å². The van der Waals surface area contributed by atoms with Gasteiger partial charge in [0.15, 0.2) is 11.6 Å². The Morgan fingerprint density at radius 3 is 1.70 bits per heavy atom. The Kier molecular flexibility index (Phi) is 13.9. The van der Waals surface area contributed by atoms with Crippen molar-refractivity contribution in [1.82, 2.24) is 0 Å². The first-order valence-corrected chi connectivity index (χ1v) is 15.0. The predicted octanol–water partition coefficient (Wildman–Crippen LogP) is 7.98. The van der Waals surface area contributed by atoms with Crippen LogP contribution in [0.15, 0.2) is 79.4 Å². The molecule has 0 unspecified atom stereocenters. The molecule has 0 amide bonds. The van der Waals surface area contributed by atoms with Crippen molar-refractivity contribution in [3.8, 4) is 23.0 Å². The van der Waals surface area contributed by atoms with Gasteiger partial charge in [-0.2, -0.15) is 0 Å². The van der Waals surface area contributed by atoms with Crippen molar-refractivity contribution in [2.45, 2.75) is 65.2 Å². The summed E-state index contributed by atoms with van der Waals surface area (Å²) in [6.45, 7) is 8.07. The zero-order valence-corrected chi connectivity index (χ0v) is 25.5. The molecule has 3 aromatic carbocycles. The van der Waals surface area contributed by atoms with Crippen molar-refractivity contribution in [1.29, 1.82) is 0 Å². The molecule has 0 aliphatic carbocycles. The van der Waals surface area contributed by atoms with E-state index < -0.39 is 11.9 Å². The van der Waals surface area contributed by atoms with E-state index in [0.29, 0.717) is 36.7 Å². The summed E-state index contributed by atoms with van der Waals surface area (Å²) in [6, 6.07) is 17.4. The molecule has 0 N–H and O–H groups in total. The van der Waals surface area contributed by atoms with E-state index in [9.17, 15) is 19.2 Å². The molecule has 3 rings (SSSR count). The number of rotatable bonds is 19. The molecule has 0 heterocycles. The number of ketones is 2. The van der Waals surface area contributed by atoms with Crippen LogP contribution in [-0.4, -0.2) is 36.7 Å². The van der Waals surface area contributed by atoms with Crippen molar-refractivity contribution in [3.63, 3.8) is 0 Å². The minimum absolute atomic E-state index is 0.0411. The number of ether oxygens (including phenoxy) is 4. The number of esters is 2. The van der Waals surface area contributed by atoms with E-state index in [0.717, 1.165) is 38.5 Å². The number of hydrogen-bond donors (Lipinski definition) is 0. The van der Waals surface area contributed by atoms with E-state index in [2.05, 4.69) is 13.5 Å². The monoisotopic (exact) mass is 600 g/mol. The van der Waals surface area contributed by atoms with Crippen LogP contribution in [0.2, 0.25) is 0 Å². The van der Waals surface area contributed by atoms with Crippen molar-refractivity contribution in [2.24, 2.45) is 0 Å². The van der Waals surface area contributed by atoms with E-state index in [1.54, 1.807) is 48.5 Å². The Balaban J connectivity index is 1.53. The first-order chi connectivity index (χ1) is 21.3. The summed E-state index contributed by atoms with van der Waals surface area (Å²) < 4.78 is 22.4. The van der Waals surface area contributed by atoms with Gasteiger partial charge in [0, 0.05) is 6.42 Å². The molecule has 44 heavy (non-hydrogen) atoms. The number of benzene rings is 3. The molecule has 0 bridgehead atoms. The molecule has 0 radical (unpaired) electrons. The van der Waals surface area contributed by atoms with Crippen molar-refractivity contribution in [3.05, 3.63) is 96.1 Å². The summed E-state index contributed by atoms with van der Waals surface area (Å²) in [6.07, 6.45) is 8.71. The zero-order valence-electron chi connectivity index (χ0n) is 25.5. The van der Waals surface area contributed by atoms with E-state index in [1.165, 1.54) is 37.6 Å². The lowest BCUT2D eigenvalue weighted by Crippen LogP contribution is -2.12. The molecule has 3 aromatic rings. The van der Waals surface area contributed by atoms with Crippen LogP contribution in [0.3, 0.4) is 0 Å². The molecule has 0 saturated carbocycles. The lowest BCUT2D eigenvalue weighted by atomic mass is 10.1. The third-order valence-electron chi connectivity index (χ3n) is 6.75. The van der Waals surface area contributed by atoms with Crippen molar-refractivity contribution in [2.75, 3.05) is 13.2 Å². The van der Waals surface area contributed by atoms with Crippen molar-refractivity contribution < 1.29 is 38.1 Å². The normalized spacial score (nSPS) is 10.5. The van der Waals surface area contributed by atoms with Gasteiger partial charge >= 0.3 is 11.9 Å². The van der Waals surface area contributed by atoms with Crippen LogP contribution < -0.4 is 18.9 Å². The number of unbranched alkanes of at least 4 members (excludes halogenated alkanes) is 5. The highest BCUT2D eigenvalue weighted by molar-refractivity contribution is 6.00. The molecule has 0 saturated heterocycles. The predicted molar refractivity (Wildman–Crippen MR) is 168 cm³/mol. The highest BCUT2D eigenvalue weighted by atomic mass is 16.5. The van der Waals surface area contributed by atoms with Crippen LogP contribution in [0.4, 0.5) is 0 Å². The molecule has 0 atom stereocenters. The average Bonchev–Trinajstić information content (AvgIpc) is 3.03. The number of carbonyl (C=O) groups excluding carboxylic acids is 4. The second kappa shape index (κ2) is 18.1. The number of Topliss-reactive ketones (excluding diaryl/α,β-unsaturated/α-hetero) is 1. The largest absolute Gasteiger partial charge is 0.494 e. The maximum absolute atomic E-state index is 12.8. The standard InChI is InChI=1S/C36H40O8/c1-4-6-7-10-23-41-30-17-13-27(14-18-30)35(39)43-32-21-22-34(33(25-32)26(3)37)44-36(40)28-15-19-31(20-16-28)42-24-11-8-9-12-29(38)5-2/h5,13-22,25H,2,4,6-12,23-24H2,1,3H3. The molecule has 8 heteroatoms. The maximum Gasteiger partial charge on any atom is 0.343 e. The van der Waals surface area contributed by atoms with Crippen LogP contribution in [0, 0.1) is 0 Å². The van der Waals surface area contributed by atoms with Crippen LogP contribution in [0.5, 0.6) is 23.0 Å². The topological polar surface area (TPSA) is 105 Å². The van der Waals surface area contributed by atoms with Gasteiger partial charge < -0.3 is 18.9 Å². The summed E-state index contributed by atoms with van der Waals surface area (Å²) in [5.41, 5.74) is 0.708. The highest BCUT2D eigenvalue weighted by Gasteiger charge is 2.17. The Bertz CT molecular complexity index is 1410. The fourth-order valence-corrected chi connectivity index (χ4v) is 4.22. The minimum atomic E-state index is -0.650. The second-order valence-corrected chi connectivity index (χ2v) is 10.3. The quantitative estimate of drug-likeness (QED) is 0.0448. The molecule has 0 aromatic heterocycles. The minimum Gasteiger partial charge on any atom is -0.494 e. The lowest BCUT2D eigenvalue weighted by Gasteiger charge is -2.11. The Morgan fingerprint density at radius 2 is 1.18 bits per heavy atom. The molecule has 0 aliphatic heterocycles. The SMILES string of the molecule is C=CC(=O)CCCCCOc1ccc(C(=O)Oc2ccc(OC(=O)c3ccc(OCCCCCC)cc3)cc2C(C)=O)cc1. The average molecular weight is 601 g/mol. The summed E-state index contributed by atoms with van der Waals surface area (Å²) >= 11 is 0. The molecular weight excluding hydrogens is 560 g/mol. The third kappa shape index (κ3) is 11.2. The van der Waals surface area contributed by atoms with Gasteiger partial charge in [0.2, 0.25) is 0 Å². The first-order valence-electron chi connectivity index (χ1n) is 15.0. The summed E-state index contributed by atoms with van der Waals surface area (Å²) in [5.74, 6) is -0.0855. The van der Waals surface area contributed by atoms with Gasteiger partial charge in [0.25, 0.3) is 0 Å². The van der Waals surface area contributed by atoms with Gasteiger partial charge in [0.05, 0.1) is 29.9 Å². The Labute approximate surface area is 259 Å². The smallest absolute Gasteiger partial charge is 0.343 e. The van der Waals surface area contributed by atoms with E-state index >= 15 is 0 Å². The fourth-order valence-electron chi connectivity index (χ4n) is 4.22. The van der Waals surface area contributed by atoms with Gasteiger partial charge in [-0.25, -0.2) is 9.59 Å². The maximum atomic E-state index is 12.8.